The zero-order valence-corrected chi connectivity index (χ0v) is 10.3. The number of rotatable bonds is 3. The molecular formula is C10H9FN2O2S2. The van der Waals surface area contributed by atoms with Crippen LogP contribution in [-0.2, 0) is 15.6 Å². The van der Waals surface area contributed by atoms with Gasteiger partial charge in [-0.2, -0.15) is 0 Å². The molecule has 0 unspecified atom stereocenters. The number of anilines is 1. The van der Waals surface area contributed by atoms with E-state index in [1.54, 1.807) is 5.51 Å². The normalized spacial score (nSPS) is 11.6. The third-order valence-electron chi connectivity index (χ3n) is 2.07. The molecule has 0 saturated carbocycles. The lowest BCUT2D eigenvalue weighted by Gasteiger charge is -2.04. The Morgan fingerprint density at radius 3 is 2.71 bits per heavy atom. The van der Waals surface area contributed by atoms with Gasteiger partial charge < -0.3 is 5.73 Å². The Kier molecular flexibility index (Phi) is 3.12. The molecule has 2 aromatic rings. The van der Waals surface area contributed by atoms with Gasteiger partial charge in [-0.25, -0.2) is 12.8 Å². The zero-order valence-electron chi connectivity index (χ0n) is 8.63. The fourth-order valence-electron chi connectivity index (χ4n) is 1.35. The van der Waals surface area contributed by atoms with Crippen molar-refractivity contribution in [2.24, 2.45) is 0 Å². The number of nitrogens with zero attached hydrogens (tertiary/aromatic N) is 1. The molecule has 0 saturated heterocycles. The molecule has 1 heterocycles. The van der Waals surface area contributed by atoms with Gasteiger partial charge in [-0.1, -0.05) is 0 Å². The van der Waals surface area contributed by atoms with Crippen LogP contribution in [0.1, 0.15) is 4.88 Å². The summed E-state index contributed by atoms with van der Waals surface area (Å²) in [6, 6.07) is 3.29. The highest BCUT2D eigenvalue weighted by molar-refractivity contribution is 7.90. The summed E-state index contributed by atoms with van der Waals surface area (Å²) >= 11 is 1.24. The lowest BCUT2D eigenvalue weighted by molar-refractivity contribution is 0.590. The molecule has 1 aromatic heterocycles. The van der Waals surface area contributed by atoms with E-state index in [0.717, 1.165) is 12.1 Å². The van der Waals surface area contributed by atoms with E-state index in [1.807, 2.05) is 0 Å². The number of aromatic nitrogens is 1. The smallest absolute Gasteiger partial charge is 0.183 e. The molecule has 7 heteroatoms. The van der Waals surface area contributed by atoms with Crippen LogP contribution in [0.4, 0.5) is 10.1 Å². The van der Waals surface area contributed by atoms with E-state index in [0.29, 0.717) is 4.88 Å². The molecule has 1 aromatic carbocycles. The first-order chi connectivity index (χ1) is 7.97. The number of thiazole rings is 1. The lowest BCUT2D eigenvalue weighted by Crippen LogP contribution is -2.05. The molecule has 0 radical (unpaired) electrons. The van der Waals surface area contributed by atoms with Gasteiger partial charge >= 0.3 is 0 Å². The van der Waals surface area contributed by atoms with Crippen LogP contribution in [0, 0.1) is 5.82 Å². The summed E-state index contributed by atoms with van der Waals surface area (Å²) in [4.78, 5) is 4.29. The fourth-order valence-corrected chi connectivity index (χ4v) is 3.69. The fraction of sp³-hybridized carbons (Fsp3) is 0.100. The number of benzene rings is 1. The van der Waals surface area contributed by atoms with Crippen molar-refractivity contribution >= 4 is 26.9 Å². The summed E-state index contributed by atoms with van der Waals surface area (Å²) in [5.74, 6) is -0.853. The Labute approximate surface area is 102 Å². The van der Waals surface area contributed by atoms with E-state index in [2.05, 4.69) is 4.98 Å². The molecule has 0 aliphatic heterocycles. The summed E-state index contributed by atoms with van der Waals surface area (Å²) in [6.45, 7) is 0. The summed E-state index contributed by atoms with van der Waals surface area (Å²) in [6.07, 6.45) is 1.48. The number of nitrogens with two attached hydrogens (primary N) is 1. The van der Waals surface area contributed by atoms with Crippen molar-refractivity contribution in [3.63, 3.8) is 0 Å². The highest BCUT2D eigenvalue weighted by atomic mass is 32.2. The number of hydrogen-bond donors (Lipinski definition) is 1. The van der Waals surface area contributed by atoms with Crippen LogP contribution in [0.2, 0.25) is 0 Å². The summed E-state index contributed by atoms with van der Waals surface area (Å²) in [5.41, 5.74) is 7.05. The molecule has 2 N–H and O–H groups in total. The average molecular weight is 272 g/mol. The Balaban J connectivity index is 2.38. The molecule has 0 aliphatic rings. The van der Waals surface area contributed by atoms with Gasteiger partial charge in [0.05, 0.1) is 16.2 Å². The second kappa shape index (κ2) is 4.42. The zero-order chi connectivity index (χ0) is 12.5. The summed E-state index contributed by atoms with van der Waals surface area (Å²) in [5, 5.41) is 0. The Morgan fingerprint density at radius 1 is 1.35 bits per heavy atom. The van der Waals surface area contributed by atoms with Crippen LogP contribution in [0.5, 0.6) is 0 Å². The van der Waals surface area contributed by atoms with E-state index >= 15 is 0 Å². The minimum absolute atomic E-state index is 0.0906. The minimum atomic E-state index is -3.58. The van der Waals surface area contributed by atoms with Crippen molar-refractivity contribution in [2.75, 3.05) is 5.73 Å². The van der Waals surface area contributed by atoms with Crippen molar-refractivity contribution in [2.45, 2.75) is 10.6 Å². The average Bonchev–Trinajstić information content (AvgIpc) is 2.68. The molecule has 0 fully saturated rings. The van der Waals surface area contributed by atoms with Gasteiger partial charge in [0.15, 0.2) is 9.84 Å². The van der Waals surface area contributed by atoms with Gasteiger partial charge in [0.25, 0.3) is 0 Å². The maximum Gasteiger partial charge on any atom is 0.183 e. The Hall–Kier alpha value is -1.47. The predicted molar refractivity (Wildman–Crippen MR) is 63.8 cm³/mol. The van der Waals surface area contributed by atoms with Crippen LogP contribution in [0.25, 0.3) is 0 Å². The standard InChI is InChI=1S/C10H9FN2O2S2/c11-7-1-8(12)3-10(2-7)17(14,15)5-9-4-13-6-16-9/h1-4,6H,5,12H2. The summed E-state index contributed by atoms with van der Waals surface area (Å²) in [7, 11) is -3.58. The van der Waals surface area contributed by atoms with Crippen molar-refractivity contribution in [1.29, 1.82) is 0 Å². The number of sulfone groups is 1. The number of hydrogen-bond acceptors (Lipinski definition) is 5. The first-order valence-electron chi connectivity index (χ1n) is 4.63. The van der Waals surface area contributed by atoms with Crippen molar-refractivity contribution < 1.29 is 12.8 Å². The first kappa shape index (κ1) is 12.0. The quantitative estimate of drug-likeness (QED) is 0.865. The molecule has 0 aliphatic carbocycles. The van der Waals surface area contributed by atoms with E-state index in [1.165, 1.54) is 23.6 Å². The van der Waals surface area contributed by atoms with Crippen molar-refractivity contribution in [3.05, 3.63) is 40.6 Å². The lowest BCUT2D eigenvalue weighted by atomic mass is 10.3. The van der Waals surface area contributed by atoms with E-state index in [4.69, 9.17) is 5.73 Å². The maximum absolute atomic E-state index is 13.1. The van der Waals surface area contributed by atoms with Gasteiger partial charge in [-0.3, -0.25) is 4.98 Å². The second-order valence-electron chi connectivity index (χ2n) is 3.45. The largest absolute Gasteiger partial charge is 0.399 e. The maximum atomic E-state index is 13.1. The highest BCUT2D eigenvalue weighted by Crippen LogP contribution is 2.21. The highest BCUT2D eigenvalue weighted by Gasteiger charge is 2.17. The van der Waals surface area contributed by atoms with Gasteiger partial charge in [0.2, 0.25) is 0 Å². The SMILES string of the molecule is Nc1cc(F)cc(S(=O)(=O)Cc2cncs2)c1. The van der Waals surface area contributed by atoms with Crippen LogP contribution in [0.3, 0.4) is 0 Å². The minimum Gasteiger partial charge on any atom is -0.399 e. The van der Waals surface area contributed by atoms with E-state index in [-0.39, 0.29) is 16.3 Å². The van der Waals surface area contributed by atoms with Gasteiger partial charge in [0, 0.05) is 16.8 Å². The molecular weight excluding hydrogens is 263 g/mol. The Bertz CT molecular complexity index is 604. The van der Waals surface area contributed by atoms with Crippen LogP contribution < -0.4 is 5.73 Å². The van der Waals surface area contributed by atoms with E-state index in [9.17, 15) is 12.8 Å². The monoisotopic (exact) mass is 272 g/mol. The van der Waals surface area contributed by atoms with E-state index < -0.39 is 15.7 Å². The number of halogens is 1. The molecule has 2 rings (SSSR count). The molecule has 17 heavy (non-hydrogen) atoms. The predicted octanol–water partition coefficient (Wildman–Crippen LogP) is 1.84. The molecule has 0 amide bonds. The molecule has 0 spiro atoms. The second-order valence-corrected chi connectivity index (χ2v) is 6.41. The van der Waals surface area contributed by atoms with Crippen LogP contribution >= 0.6 is 11.3 Å². The third-order valence-corrected chi connectivity index (χ3v) is 4.68. The molecule has 4 nitrogen and oxygen atoms in total. The van der Waals surface area contributed by atoms with Gasteiger partial charge in [-0.15, -0.1) is 11.3 Å². The molecule has 0 atom stereocenters. The van der Waals surface area contributed by atoms with Gasteiger partial charge in [0.1, 0.15) is 5.82 Å². The van der Waals surface area contributed by atoms with Crippen molar-refractivity contribution in [3.8, 4) is 0 Å². The summed E-state index contributed by atoms with van der Waals surface area (Å²) < 4.78 is 37.0. The third kappa shape index (κ3) is 2.80. The molecule has 0 bridgehead atoms. The van der Waals surface area contributed by atoms with Crippen LogP contribution in [0.15, 0.2) is 34.8 Å². The number of nitrogen functional groups attached to an aromatic ring is 1. The van der Waals surface area contributed by atoms with Gasteiger partial charge in [-0.05, 0) is 18.2 Å². The molecule has 90 valence electrons. The Morgan fingerprint density at radius 2 is 2.12 bits per heavy atom. The topological polar surface area (TPSA) is 73.1 Å². The van der Waals surface area contributed by atoms with Crippen molar-refractivity contribution in [1.82, 2.24) is 4.98 Å². The van der Waals surface area contributed by atoms with Crippen LogP contribution in [-0.4, -0.2) is 13.4 Å². The first-order valence-corrected chi connectivity index (χ1v) is 7.17.